The lowest BCUT2D eigenvalue weighted by Crippen LogP contribution is -2.49. The van der Waals surface area contributed by atoms with Gasteiger partial charge in [-0.05, 0) is 50.5 Å². The van der Waals surface area contributed by atoms with Crippen LogP contribution in [-0.4, -0.2) is 34.4 Å². The number of rotatable bonds is 1. The molecule has 30 heavy (non-hydrogen) atoms. The fourth-order valence-electron chi connectivity index (χ4n) is 4.24. The van der Waals surface area contributed by atoms with E-state index in [2.05, 4.69) is 21.8 Å². The molecule has 0 radical (unpaired) electrons. The molecule has 6 heteroatoms. The smallest absolute Gasteiger partial charge is 0.261 e. The number of hydrogen-bond acceptors (Lipinski definition) is 5. The maximum atomic E-state index is 13.2. The fraction of sp³-hybridized carbons (Fsp3) is 0.375. The van der Waals surface area contributed by atoms with Gasteiger partial charge in [0.25, 0.3) is 5.91 Å². The highest BCUT2D eigenvalue weighted by Gasteiger charge is 2.55. The number of benzene rings is 1. The molecule has 1 aromatic heterocycles. The van der Waals surface area contributed by atoms with Crippen molar-refractivity contribution in [3.05, 3.63) is 47.8 Å². The van der Waals surface area contributed by atoms with Crippen LogP contribution in [0, 0.1) is 17.8 Å². The lowest BCUT2D eigenvalue weighted by Gasteiger charge is -2.41. The largest absolute Gasteiger partial charge is 0.487 e. The summed E-state index contributed by atoms with van der Waals surface area (Å²) in [5.41, 5.74) is 7.95. The molecule has 1 atom stereocenters. The molecule has 6 nitrogen and oxygen atoms in total. The molecule has 1 amide bonds. The van der Waals surface area contributed by atoms with Crippen molar-refractivity contribution in [1.82, 2.24) is 9.88 Å². The van der Waals surface area contributed by atoms with Crippen molar-refractivity contribution >= 4 is 11.9 Å². The Labute approximate surface area is 176 Å². The normalized spacial score (nSPS) is 24.0. The van der Waals surface area contributed by atoms with Gasteiger partial charge in [0, 0.05) is 48.5 Å². The molecule has 152 valence electrons. The summed E-state index contributed by atoms with van der Waals surface area (Å²) >= 11 is 0. The van der Waals surface area contributed by atoms with Crippen LogP contribution in [0.3, 0.4) is 0 Å². The first-order valence-corrected chi connectivity index (χ1v) is 10.2. The predicted molar refractivity (Wildman–Crippen MR) is 115 cm³/mol. The zero-order valence-electron chi connectivity index (χ0n) is 17.4. The predicted octanol–water partition coefficient (Wildman–Crippen LogP) is 3.05. The van der Waals surface area contributed by atoms with Gasteiger partial charge in [-0.25, -0.2) is 4.99 Å². The van der Waals surface area contributed by atoms with Crippen LogP contribution in [0.5, 0.6) is 5.75 Å². The van der Waals surface area contributed by atoms with Crippen LogP contribution in [-0.2, 0) is 10.3 Å². The Morgan fingerprint density at radius 2 is 2.00 bits per heavy atom. The number of carbonyl (C=O) groups is 1. The van der Waals surface area contributed by atoms with Gasteiger partial charge in [-0.15, -0.1) is 0 Å². The summed E-state index contributed by atoms with van der Waals surface area (Å²) in [7, 11) is 1.66. The van der Waals surface area contributed by atoms with E-state index in [0.29, 0.717) is 18.1 Å². The molecule has 2 N–H and O–H groups in total. The second kappa shape index (κ2) is 6.33. The molecular weight excluding hydrogens is 376 g/mol. The Kier molecular flexibility index (Phi) is 3.94. The van der Waals surface area contributed by atoms with E-state index in [1.54, 1.807) is 13.2 Å². The maximum absolute atomic E-state index is 13.2. The fourth-order valence-corrected chi connectivity index (χ4v) is 4.24. The number of guanidine groups is 1. The number of likely N-dealkylation sites (N-methyl/N-ethyl adjacent to an activating group) is 1. The molecule has 1 aromatic carbocycles. The summed E-state index contributed by atoms with van der Waals surface area (Å²) in [4.78, 5) is 23.7. The number of nitrogens with two attached hydrogens (primary N) is 1. The van der Waals surface area contributed by atoms with E-state index in [0.717, 1.165) is 22.3 Å². The molecule has 2 aliphatic heterocycles. The van der Waals surface area contributed by atoms with Gasteiger partial charge in [-0.3, -0.25) is 14.7 Å². The number of aliphatic imine (C=N–C) groups is 1. The van der Waals surface area contributed by atoms with E-state index in [-0.39, 0.29) is 11.9 Å². The van der Waals surface area contributed by atoms with Crippen molar-refractivity contribution in [3.63, 3.8) is 0 Å². The number of carbonyl (C=O) groups excluding carboxylic acids is 1. The van der Waals surface area contributed by atoms with Crippen molar-refractivity contribution in [3.8, 4) is 28.7 Å². The van der Waals surface area contributed by atoms with Crippen molar-refractivity contribution in [1.29, 1.82) is 0 Å². The Morgan fingerprint density at radius 1 is 1.20 bits per heavy atom. The summed E-state index contributed by atoms with van der Waals surface area (Å²) in [5.74, 6) is 7.79. The number of aromatic nitrogens is 1. The summed E-state index contributed by atoms with van der Waals surface area (Å²) < 4.78 is 6.19. The molecular formula is C24H24N4O2. The molecule has 0 saturated heterocycles. The minimum absolute atomic E-state index is 0.128. The number of amides is 1. The minimum atomic E-state index is -1.07. The van der Waals surface area contributed by atoms with Crippen molar-refractivity contribution in [2.24, 2.45) is 16.6 Å². The van der Waals surface area contributed by atoms with Gasteiger partial charge in [0.05, 0.1) is 0 Å². The third kappa shape index (κ3) is 3.02. The molecule has 1 aliphatic carbocycles. The van der Waals surface area contributed by atoms with Crippen LogP contribution in [0.4, 0.5) is 0 Å². The van der Waals surface area contributed by atoms with Crippen molar-refractivity contribution < 1.29 is 9.53 Å². The molecule has 1 saturated carbocycles. The Morgan fingerprint density at radius 3 is 2.70 bits per heavy atom. The van der Waals surface area contributed by atoms with Crippen molar-refractivity contribution in [2.45, 2.75) is 44.2 Å². The SMILES string of the molecule is CN1C(=O)C2(CC(C)(C)Oc3ccc(-c4cncc(C#CC5CC5)c4)cc32)N=C1N. The van der Waals surface area contributed by atoms with E-state index in [1.165, 1.54) is 17.7 Å². The lowest BCUT2D eigenvalue weighted by atomic mass is 9.77. The number of ether oxygens (including phenoxy) is 1. The van der Waals surface area contributed by atoms with E-state index >= 15 is 0 Å². The topological polar surface area (TPSA) is 80.8 Å². The summed E-state index contributed by atoms with van der Waals surface area (Å²) in [6, 6.07) is 7.91. The number of hydrogen-bond donors (Lipinski definition) is 1. The van der Waals surface area contributed by atoms with Crippen LogP contribution in [0.2, 0.25) is 0 Å². The first kappa shape index (κ1) is 18.7. The van der Waals surface area contributed by atoms with Gasteiger partial charge in [-0.1, -0.05) is 17.9 Å². The Hall–Kier alpha value is -3.33. The number of pyridine rings is 1. The third-order valence-electron chi connectivity index (χ3n) is 5.87. The van der Waals surface area contributed by atoms with Crippen LogP contribution in [0.15, 0.2) is 41.7 Å². The highest BCUT2D eigenvalue weighted by Crippen LogP contribution is 2.49. The van der Waals surface area contributed by atoms with E-state index in [4.69, 9.17) is 10.5 Å². The van der Waals surface area contributed by atoms with E-state index in [1.807, 2.05) is 44.3 Å². The molecule has 1 unspecified atom stereocenters. The van der Waals surface area contributed by atoms with Crippen LogP contribution in [0.1, 0.15) is 44.2 Å². The first-order chi connectivity index (χ1) is 14.3. The lowest BCUT2D eigenvalue weighted by molar-refractivity contribution is -0.133. The Bertz CT molecular complexity index is 1150. The van der Waals surface area contributed by atoms with E-state index in [9.17, 15) is 4.79 Å². The summed E-state index contributed by atoms with van der Waals surface area (Å²) in [6.45, 7) is 3.93. The molecule has 3 heterocycles. The maximum Gasteiger partial charge on any atom is 0.261 e. The van der Waals surface area contributed by atoms with Gasteiger partial charge < -0.3 is 10.5 Å². The zero-order valence-corrected chi connectivity index (χ0v) is 17.4. The first-order valence-electron chi connectivity index (χ1n) is 10.2. The molecule has 5 rings (SSSR count). The quantitative estimate of drug-likeness (QED) is 0.746. The second-order valence-electron chi connectivity index (χ2n) is 8.95. The number of fused-ring (bicyclic) bond motifs is 2. The monoisotopic (exact) mass is 400 g/mol. The second-order valence-corrected chi connectivity index (χ2v) is 8.95. The molecule has 2 aromatic rings. The van der Waals surface area contributed by atoms with E-state index < -0.39 is 11.1 Å². The number of nitrogens with zero attached hydrogens (tertiary/aromatic N) is 3. The van der Waals surface area contributed by atoms with Crippen LogP contribution in [0.25, 0.3) is 11.1 Å². The molecule has 3 aliphatic rings. The zero-order chi connectivity index (χ0) is 21.1. The van der Waals surface area contributed by atoms with Gasteiger partial charge in [-0.2, -0.15) is 0 Å². The van der Waals surface area contributed by atoms with Gasteiger partial charge in [0.15, 0.2) is 11.5 Å². The molecule has 0 bridgehead atoms. The molecule has 1 spiro atoms. The standard InChI is InChI=1S/C24H24N4O2/c1-23(2)14-24(21(29)28(3)22(25)27-24)19-11-17(8-9-20(19)30-23)18-10-16(12-26-13-18)7-6-15-4-5-15/h8-13,15H,4-5,14H2,1-3H3,(H2,25,27). The third-order valence-corrected chi connectivity index (χ3v) is 5.87. The summed E-state index contributed by atoms with van der Waals surface area (Å²) in [6.07, 6.45) is 6.39. The highest BCUT2D eigenvalue weighted by atomic mass is 16.5. The van der Waals surface area contributed by atoms with Gasteiger partial charge >= 0.3 is 0 Å². The Balaban J connectivity index is 1.61. The average Bonchev–Trinajstić information content (AvgIpc) is 3.51. The van der Waals surface area contributed by atoms with Gasteiger partial charge in [0.2, 0.25) is 0 Å². The van der Waals surface area contributed by atoms with Crippen LogP contribution >= 0.6 is 0 Å². The average molecular weight is 400 g/mol. The minimum Gasteiger partial charge on any atom is -0.487 e. The van der Waals surface area contributed by atoms with Crippen molar-refractivity contribution in [2.75, 3.05) is 7.05 Å². The van der Waals surface area contributed by atoms with Crippen LogP contribution < -0.4 is 10.5 Å². The summed E-state index contributed by atoms with van der Waals surface area (Å²) in [5, 5.41) is 0. The molecule has 1 fully saturated rings. The highest BCUT2D eigenvalue weighted by molar-refractivity contribution is 6.07. The van der Waals surface area contributed by atoms with Gasteiger partial charge in [0.1, 0.15) is 11.4 Å².